The number of allylic oxidation sites excluding steroid dienone is 1. The van der Waals surface area contributed by atoms with E-state index >= 15 is 0 Å². The van der Waals surface area contributed by atoms with Crippen molar-refractivity contribution in [1.29, 1.82) is 10.5 Å². The molecule has 0 unspecified atom stereocenters. The number of halogens is 1. The van der Waals surface area contributed by atoms with E-state index in [0.717, 1.165) is 11.8 Å². The van der Waals surface area contributed by atoms with Gasteiger partial charge in [0, 0.05) is 11.1 Å². The number of nitrogens with zero attached hydrogens (tertiary/aromatic N) is 2. The molecule has 0 saturated heterocycles. The van der Waals surface area contributed by atoms with Crippen LogP contribution in [0.5, 0.6) is 0 Å². The van der Waals surface area contributed by atoms with Crippen molar-refractivity contribution in [1.82, 2.24) is 5.32 Å². The molecule has 0 bridgehead atoms. The minimum absolute atomic E-state index is 0.0788. The largest absolute Gasteiger partial charge is 0.325 e. The third kappa shape index (κ3) is 3.98. The molecule has 1 aromatic carbocycles. The third-order valence-corrected chi connectivity index (χ3v) is 4.79. The smallest absolute Gasteiger partial charge is 0.243 e. The number of carbonyl (C=O) groups is 2. The zero-order valence-corrected chi connectivity index (χ0v) is 14.4. The molecule has 0 aromatic heterocycles. The van der Waals surface area contributed by atoms with Crippen LogP contribution in [-0.2, 0) is 9.59 Å². The summed E-state index contributed by atoms with van der Waals surface area (Å²) < 4.78 is 13.1. The maximum Gasteiger partial charge on any atom is 0.243 e. The molecule has 25 heavy (non-hydrogen) atoms. The fraction of sp³-hybridized carbons (Fsp3) is 0.294. The van der Waals surface area contributed by atoms with Crippen molar-refractivity contribution in [2.75, 3.05) is 11.1 Å². The first kappa shape index (κ1) is 18.5. The number of carbonyl (C=O) groups excluding carboxylic acids is 2. The number of amides is 2. The second-order valence-corrected chi connectivity index (χ2v) is 6.92. The van der Waals surface area contributed by atoms with E-state index in [0.29, 0.717) is 5.69 Å². The quantitative estimate of drug-likeness (QED) is 0.860. The third-order valence-electron chi connectivity index (χ3n) is 3.79. The number of nitriles is 2. The molecule has 0 saturated carbocycles. The van der Waals surface area contributed by atoms with Gasteiger partial charge in [-0.15, -0.1) is 0 Å². The second kappa shape index (κ2) is 7.37. The minimum atomic E-state index is -0.979. The summed E-state index contributed by atoms with van der Waals surface area (Å²) in [6, 6.07) is 9.40. The van der Waals surface area contributed by atoms with Crippen LogP contribution in [0.4, 0.5) is 10.1 Å². The first-order valence-electron chi connectivity index (χ1n) is 7.33. The molecule has 2 rings (SSSR count). The fourth-order valence-electron chi connectivity index (χ4n) is 2.44. The van der Waals surface area contributed by atoms with E-state index in [2.05, 4.69) is 10.6 Å². The highest BCUT2D eigenvalue weighted by molar-refractivity contribution is 8.03. The van der Waals surface area contributed by atoms with Gasteiger partial charge < -0.3 is 10.6 Å². The zero-order valence-electron chi connectivity index (χ0n) is 13.6. The minimum Gasteiger partial charge on any atom is -0.325 e. The van der Waals surface area contributed by atoms with Gasteiger partial charge in [-0.05, 0) is 18.2 Å². The lowest BCUT2D eigenvalue weighted by atomic mass is 9.72. The maximum absolute atomic E-state index is 13.1. The average molecular weight is 358 g/mol. The zero-order chi connectivity index (χ0) is 18.6. The first-order valence-corrected chi connectivity index (χ1v) is 8.31. The normalized spacial score (nSPS) is 18.8. The number of anilines is 1. The van der Waals surface area contributed by atoms with E-state index in [1.807, 2.05) is 12.1 Å². The molecule has 1 aromatic rings. The van der Waals surface area contributed by atoms with E-state index in [-0.39, 0.29) is 16.4 Å². The lowest BCUT2D eigenvalue weighted by Gasteiger charge is -2.34. The van der Waals surface area contributed by atoms with Crippen molar-refractivity contribution in [3.05, 3.63) is 40.7 Å². The lowest BCUT2D eigenvalue weighted by Crippen LogP contribution is -2.44. The molecule has 1 aliphatic rings. The first-order chi connectivity index (χ1) is 11.8. The Kier molecular flexibility index (Phi) is 5.45. The summed E-state index contributed by atoms with van der Waals surface area (Å²) >= 11 is 0.990. The Morgan fingerprint density at radius 2 is 2.16 bits per heavy atom. The fourth-order valence-corrected chi connectivity index (χ4v) is 3.41. The number of thioether (sulfide) groups is 1. The maximum atomic E-state index is 13.1. The van der Waals surface area contributed by atoms with Crippen LogP contribution in [0.25, 0.3) is 0 Å². The van der Waals surface area contributed by atoms with Gasteiger partial charge in [0.1, 0.15) is 11.7 Å². The van der Waals surface area contributed by atoms with Crippen LogP contribution in [0.1, 0.15) is 13.8 Å². The van der Waals surface area contributed by atoms with Gasteiger partial charge >= 0.3 is 0 Å². The van der Waals surface area contributed by atoms with E-state index < -0.39 is 29.0 Å². The molecule has 128 valence electrons. The highest BCUT2D eigenvalue weighted by Gasteiger charge is 2.44. The van der Waals surface area contributed by atoms with Gasteiger partial charge in [0.15, 0.2) is 0 Å². The molecule has 0 radical (unpaired) electrons. The van der Waals surface area contributed by atoms with E-state index in [1.54, 1.807) is 19.9 Å². The molecule has 0 aliphatic carbocycles. The summed E-state index contributed by atoms with van der Waals surface area (Å²) in [7, 11) is 0. The second-order valence-electron chi connectivity index (χ2n) is 5.94. The van der Waals surface area contributed by atoms with Crippen molar-refractivity contribution in [2.24, 2.45) is 11.3 Å². The highest BCUT2D eigenvalue weighted by Crippen LogP contribution is 2.41. The molecule has 2 N–H and O–H groups in total. The van der Waals surface area contributed by atoms with Crippen molar-refractivity contribution in [3.63, 3.8) is 0 Å². The molecule has 8 heteroatoms. The van der Waals surface area contributed by atoms with Gasteiger partial charge in [-0.1, -0.05) is 31.7 Å². The molecule has 1 atom stereocenters. The summed E-state index contributed by atoms with van der Waals surface area (Å²) in [5.74, 6) is -2.43. The van der Waals surface area contributed by atoms with E-state index in [9.17, 15) is 19.2 Å². The molecule has 6 nitrogen and oxygen atoms in total. The van der Waals surface area contributed by atoms with Crippen LogP contribution in [0.15, 0.2) is 34.9 Å². The molecule has 0 spiro atoms. The number of nitrogens with one attached hydrogen (secondary N) is 2. The monoisotopic (exact) mass is 358 g/mol. The summed E-state index contributed by atoms with van der Waals surface area (Å²) in [6.45, 7) is 3.29. The van der Waals surface area contributed by atoms with Gasteiger partial charge in [0.2, 0.25) is 11.8 Å². The number of hydrogen-bond donors (Lipinski definition) is 2. The average Bonchev–Trinajstić information content (AvgIpc) is 2.52. The molecule has 2 amide bonds. The van der Waals surface area contributed by atoms with Gasteiger partial charge in [-0.2, -0.15) is 10.5 Å². The Labute approximate surface area is 148 Å². The van der Waals surface area contributed by atoms with Crippen LogP contribution in [0.3, 0.4) is 0 Å². The topological polar surface area (TPSA) is 106 Å². The summed E-state index contributed by atoms with van der Waals surface area (Å²) in [5.41, 5.74) is -0.382. The predicted molar refractivity (Wildman–Crippen MR) is 91.2 cm³/mol. The molecule has 1 heterocycles. The van der Waals surface area contributed by atoms with Crippen LogP contribution in [0.2, 0.25) is 0 Å². The van der Waals surface area contributed by atoms with Gasteiger partial charge in [-0.3, -0.25) is 9.59 Å². The predicted octanol–water partition coefficient (Wildman–Crippen LogP) is 2.53. The van der Waals surface area contributed by atoms with E-state index in [1.165, 1.54) is 18.2 Å². The molecule has 1 aliphatic heterocycles. The number of hydrogen-bond acceptors (Lipinski definition) is 5. The van der Waals surface area contributed by atoms with Gasteiger partial charge in [0.25, 0.3) is 0 Å². The SMILES string of the molecule is CC1(C)C(C#N)=C(SCC(=O)Nc2cccc(F)c2)NC(=O)[C@H]1C#N. The Morgan fingerprint density at radius 1 is 1.44 bits per heavy atom. The Hall–Kier alpha value is -2.84. The summed E-state index contributed by atoms with van der Waals surface area (Å²) in [5, 5.41) is 23.9. The van der Waals surface area contributed by atoms with Crippen molar-refractivity contribution >= 4 is 29.3 Å². The van der Waals surface area contributed by atoms with Crippen LogP contribution in [-0.4, -0.2) is 17.6 Å². The van der Waals surface area contributed by atoms with Crippen LogP contribution < -0.4 is 10.6 Å². The Morgan fingerprint density at radius 3 is 2.76 bits per heavy atom. The van der Waals surface area contributed by atoms with Crippen molar-refractivity contribution in [3.8, 4) is 12.1 Å². The van der Waals surface area contributed by atoms with Gasteiger partial charge in [0.05, 0.1) is 28.5 Å². The lowest BCUT2D eigenvalue weighted by molar-refractivity contribution is -0.125. The van der Waals surface area contributed by atoms with E-state index in [4.69, 9.17) is 5.26 Å². The highest BCUT2D eigenvalue weighted by atomic mass is 32.2. The van der Waals surface area contributed by atoms with Crippen LogP contribution in [0, 0.1) is 39.8 Å². The molecule has 0 fully saturated rings. The summed E-state index contributed by atoms with van der Waals surface area (Å²) in [4.78, 5) is 24.1. The molecular formula is C17H15FN4O2S. The number of rotatable bonds is 4. The van der Waals surface area contributed by atoms with Gasteiger partial charge in [-0.25, -0.2) is 4.39 Å². The molecular weight excluding hydrogens is 343 g/mol. The van der Waals surface area contributed by atoms with Crippen LogP contribution >= 0.6 is 11.8 Å². The Balaban J connectivity index is 2.12. The Bertz CT molecular complexity index is 836. The van der Waals surface area contributed by atoms with Crippen molar-refractivity contribution in [2.45, 2.75) is 13.8 Å². The number of benzene rings is 1. The van der Waals surface area contributed by atoms with Crippen molar-refractivity contribution < 1.29 is 14.0 Å². The summed E-state index contributed by atoms with van der Waals surface area (Å²) in [6.07, 6.45) is 0. The standard InChI is InChI=1S/C17H15FN4O2S/c1-17(2)12(7-19)15(24)22-16(13(17)8-20)25-9-14(23)21-11-5-3-4-10(18)6-11/h3-6,12H,9H2,1-2H3,(H,21,23)(H,22,24)/t12-/m1/s1.